The van der Waals surface area contributed by atoms with Crippen LogP contribution in [0, 0.1) is 18.6 Å². The molecule has 0 radical (unpaired) electrons. The fourth-order valence-electron chi connectivity index (χ4n) is 1.84. The van der Waals surface area contributed by atoms with Crippen LogP contribution in [0.4, 0.5) is 8.78 Å². The largest absolute Gasteiger partial charge is 0.326 e. The molecule has 0 amide bonds. The lowest BCUT2D eigenvalue weighted by Gasteiger charge is -2.11. The van der Waals surface area contributed by atoms with Gasteiger partial charge in [-0.05, 0) is 57.7 Å². The van der Waals surface area contributed by atoms with Crippen LogP contribution in [0.25, 0.3) is 11.1 Å². The SMILES string of the molecule is Cc1ccc(CN)cc1-c1c(F)ccc(Br)c1F. The summed E-state index contributed by atoms with van der Waals surface area (Å²) in [4.78, 5) is 0. The van der Waals surface area contributed by atoms with Gasteiger partial charge in [-0.25, -0.2) is 8.78 Å². The Bertz CT molecular complexity index is 597. The quantitative estimate of drug-likeness (QED) is 0.828. The fraction of sp³-hybridized carbons (Fsp3) is 0.143. The van der Waals surface area contributed by atoms with Gasteiger partial charge in [0.2, 0.25) is 0 Å². The maximum Gasteiger partial charge on any atom is 0.148 e. The van der Waals surface area contributed by atoms with Gasteiger partial charge in [0.15, 0.2) is 0 Å². The molecule has 0 fully saturated rings. The van der Waals surface area contributed by atoms with E-state index in [4.69, 9.17) is 5.73 Å². The Hall–Kier alpha value is -1.26. The topological polar surface area (TPSA) is 26.0 Å². The maximum absolute atomic E-state index is 14.0. The summed E-state index contributed by atoms with van der Waals surface area (Å²) >= 11 is 3.07. The molecule has 0 heterocycles. The van der Waals surface area contributed by atoms with Crippen molar-refractivity contribution >= 4 is 15.9 Å². The minimum Gasteiger partial charge on any atom is -0.326 e. The lowest BCUT2D eigenvalue weighted by atomic mass is 9.97. The van der Waals surface area contributed by atoms with E-state index in [1.807, 2.05) is 19.1 Å². The number of halogens is 3. The Balaban J connectivity index is 2.72. The highest BCUT2D eigenvalue weighted by atomic mass is 79.9. The van der Waals surface area contributed by atoms with Crippen LogP contribution in [-0.2, 0) is 6.54 Å². The Kier molecular flexibility index (Phi) is 3.78. The number of hydrogen-bond donors (Lipinski definition) is 1. The summed E-state index contributed by atoms with van der Waals surface area (Å²) in [5.74, 6) is -1.17. The van der Waals surface area contributed by atoms with E-state index in [-0.39, 0.29) is 10.0 Å². The zero-order valence-corrected chi connectivity index (χ0v) is 11.4. The summed E-state index contributed by atoms with van der Waals surface area (Å²) in [6.07, 6.45) is 0. The van der Waals surface area contributed by atoms with E-state index >= 15 is 0 Å². The van der Waals surface area contributed by atoms with E-state index in [1.165, 1.54) is 12.1 Å². The maximum atomic E-state index is 14.0. The van der Waals surface area contributed by atoms with E-state index in [0.717, 1.165) is 11.1 Å². The molecule has 0 saturated carbocycles. The van der Waals surface area contributed by atoms with Gasteiger partial charge in [-0.1, -0.05) is 12.1 Å². The first-order chi connectivity index (χ1) is 8.54. The Morgan fingerprint density at radius 3 is 2.56 bits per heavy atom. The second-order valence-electron chi connectivity index (χ2n) is 4.07. The molecule has 0 aromatic heterocycles. The lowest BCUT2D eigenvalue weighted by Crippen LogP contribution is -1.99. The first-order valence-corrected chi connectivity index (χ1v) is 6.27. The van der Waals surface area contributed by atoms with Gasteiger partial charge in [0.05, 0.1) is 10.0 Å². The summed E-state index contributed by atoms with van der Waals surface area (Å²) in [6, 6.07) is 8.00. The fourth-order valence-corrected chi connectivity index (χ4v) is 2.17. The molecule has 0 aliphatic rings. The van der Waals surface area contributed by atoms with E-state index in [1.54, 1.807) is 6.07 Å². The summed E-state index contributed by atoms with van der Waals surface area (Å²) in [5.41, 5.74) is 7.73. The molecule has 18 heavy (non-hydrogen) atoms. The molecule has 94 valence electrons. The van der Waals surface area contributed by atoms with Crippen molar-refractivity contribution in [3.05, 3.63) is 57.6 Å². The minimum atomic E-state index is -0.590. The first-order valence-electron chi connectivity index (χ1n) is 5.48. The first kappa shape index (κ1) is 13.2. The number of hydrogen-bond acceptors (Lipinski definition) is 1. The smallest absolute Gasteiger partial charge is 0.148 e. The van der Waals surface area contributed by atoms with Gasteiger partial charge >= 0.3 is 0 Å². The monoisotopic (exact) mass is 311 g/mol. The molecule has 2 aromatic carbocycles. The predicted octanol–water partition coefficient (Wildman–Crippen LogP) is 4.16. The van der Waals surface area contributed by atoms with E-state index in [2.05, 4.69) is 15.9 Å². The van der Waals surface area contributed by atoms with Crippen molar-refractivity contribution in [2.24, 2.45) is 5.73 Å². The lowest BCUT2D eigenvalue weighted by molar-refractivity contribution is 0.585. The van der Waals surface area contributed by atoms with Gasteiger partial charge in [0, 0.05) is 6.54 Å². The normalized spacial score (nSPS) is 10.7. The molecule has 2 rings (SSSR count). The van der Waals surface area contributed by atoms with Crippen LogP contribution in [0.1, 0.15) is 11.1 Å². The van der Waals surface area contributed by atoms with Crippen LogP contribution in [-0.4, -0.2) is 0 Å². The van der Waals surface area contributed by atoms with Crippen LogP contribution in [0.3, 0.4) is 0 Å². The zero-order chi connectivity index (χ0) is 13.3. The number of rotatable bonds is 2. The van der Waals surface area contributed by atoms with Crippen molar-refractivity contribution in [3.8, 4) is 11.1 Å². The number of aryl methyl sites for hydroxylation is 1. The average molecular weight is 312 g/mol. The van der Waals surface area contributed by atoms with Gasteiger partial charge in [0.1, 0.15) is 11.6 Å². The molecule has 0 spiro atoms. The Morgan fingerprint density at radius 1 is 1.17 bits per heavy atom. The van der Waals surface area contributed by atoms with Crippen molar-refractivity contribution in [2.45, 2.75) is 13.5 Å². The van der Waals surface area contributed by atoms with Crippen LogP contribution in [0.5, 0.6) is 0 Å². The highest BCUT2D eigenvalue weighted by Crippen LogP contribution is 2.33. The van der Waals surface area contributed by atoms with Crippen LogP contribution in [0.15, 0.2) is 34.8 Å². The third-order valence-electron chi connectivity index (χ3n) is 2.85. The third kappa shape index (κ3) is 2.31. The average Bonchev–Trinajstić information content (AvgIpc) is 2.36. The third-order valence-corrected chi connectivity index (χ3v) is 3.46. The summed E-state index contributed by atoms with van der Waals surface area (Å²) < 4.78 is 28.1. The molecular formula is C14H12BrF2N. The molecule has 2 aromatic rings. The standard InChI is InChI=1S/C14H12BrF2N/c1-8-2-3-9(7-18)6-10(8)13-12(16)5-4-11(15)14(13)17/h2-6H,7,18H2,1H3. The molecule has 0 unspecified atom stereocenters. The molecule has 0 saturated heterocycles. The Labute approximate surface area is 113 Å². The zero-order valence-electron chi connectivity index (χ0n) is 9.81. The van der Waals surface area contributed by atoms with Crippen molar-refractivity contribution in [1.82, 2.24) is 0 Å². The Morgan fingerprint density at radius 2 is 1.89 bits per heavy atom. The van der Waals surface area contributed by atoms with Gasteiger partial charge in [-0.2, -0.15) is 0 Å². The molecular weight excluding hydrogens is 300 g/mol. The van der Waals surface area contributed by atoms with Gasteiger partial charge < -0.3 is 5.73 Å². The van der Waals surface area contributed by atoms with Crippen LogP contribution in [0.2, 0.25) is 0 Å². The molecule has 0 aliphatic heterocycles. The summed E-state index contributed by atoms with van der Waals surface area (Å²) in [5, 5.41) is 0. The summed E-state index contributed by atoms with van der Waals surface area (Å²) in [7, 11) is 0. The van der Waals surface area contributed by atoms with E-state index < -0.39 is 11.6 Å². The van der Waals surface area contributed by atoms with Crippen LogP contribution >= 0.6 is 15.9 Å². The highest BCUT2D eigenvalue weighted by molar-refractivity contribution is 9.10. The number of benzene rings is 2. The summed E-state index contributed by atoms with van der Waals surface area (Å²) in [6.45, 7) is 2.15. The number of nitrogens with two attached hydrogens (primary N) is 1. The second-order valence-corrected chi connectivity index (χ2v) is 4.93. The second kappa shape index (κ2) is 5.16. The minimum absolute atomic E-state index is 0.0165. The molecule has 2 N–H and O–H groups in total. The van der Waals surface area contributed by atoms with Crippen molar-refractivity contribution in [1.29, 1.82) is 0 Å². The van der Waals surface area contributed by atoms with Crippen molar-refractivity contribution in [2.75, 3.05) is 0 Å². The van der Waals surface area contributed by atoms with Gasteiger partial charge in [0.25, 0.3) is 0 Å². The molecule has 0 bridgehead atoms. The predicted molar refractivity (Wildman–Crippen MR) is 72.1 cm³/mol. The molecule has 0 aliphatic carbocycles. The molecule has 0 atom stereocenters. The van der Waals surface area contributed by atoms with Gasteiger partial charge in [-0.3, -0.25) is 0 Å². The molecule has 4 heteroatoms. The molecule has 1 nitrogen and oxygen atoms in total. The van der Waals surface area contributed by atoms with Crippen LogP contribution < -0.4 is 5.73 Å². The van der Waals surface area contributed by atoms with E-state index in [9.17, 15) is 8.78 Å². The highest BCUT2D eigenvalue weighted by Gasteiger charge is 2.16. The van der Waals surface area contributed by atoms with Crippen molar-refractivity contribution in [3.63, 3.8) is 0 Å². The van der Waals surface area contributed by atoms with E-state index in [0.29, 0.717) is 12.1 Å². The van der Waals surface area contributed by atoms with Gasteiger partial charge in [-0.15, -0.1) is 0 Å². The van der Waals surface area contributed by atoms with Crippen molar-refractivity contribution < 1.29 is 8.78 Å².